The zero-order valence-corrected chi connectivity index (χ0v) is 18.7. The van der Waals surface area contributed by atoms with Gasteiger partial charge in [0.2, 0.25) is 0 Å². The van der Waals surface area contributed by atoms with Gasteiger partial charge in [-0.05, 0) is 24.0 Å². The third-order valence-electron chi connectivity index (χ3n) is 5.33. The number of rotatable bonds is 8. The third kappa shape index (κ3) is 4.87. The number of nitrogens with zero attached hydrogens (tertiary/aromatic N) is 7. The van der Waals surface area contributed by atoms with E-state index in [0.29, 0.717) is 17.7 Å². The maximum absolute atomic E-state index is 5.90. The van der Waals surface area contributed by atoms with Gasteiger partial charge in [0.1, 0.15) is 5.82 Å². The molecule has 2 N–H and O–H groups in total. The van der Waals surface area contributed by atoms with Crippen molar-refractivity contribution in [2.75, 3.05) is 5.73 Å². The Morgan fingerprint density at radius 2 is 1.10 bits per heavy atom. The predicted octanol–water partition coefficient (Wildman–Crippen LogP) is 2.92. The summed E-state index contributed by atoms with van der Waals surface area (Å²) in [5.74, 6) is 1.37. The Morgan fingerprint density at radius 3 is 1.41 bits per heavy atom. The number of hydrogen-bond donors (Lipinski definition) is 1. The van der Waals surface area contributed by atoms with Crippen LogP contribution in [-0.4, -0.2) is 34.2 Å². The van der Waals surface area contributed by atoms with E-state index in [0.717, 1.165) is 36.7 Å². The van der Waals surface area contributed by atoms with Crippen LogP contribution in [0.3, 0.4) is 0 Å². The first-order chi connectivity index (χ1) is 13.6. The van der Waals surface area contributed by atoms with Crippen molar-refractivity contribution in [3.63, 3.8) is 0 Å². The monoisotopic (exact) mass is 398 g/mol. The maximum Gasteiger partial charge on any atom is 0.145 e. The molecule has 29 heavy (non-hydrogen) atoms. The highest BCUT2D eigenvalue weighted by Gasteiger charge is 2.18. The molecule has 0 bridgehead atoms. The normalized spacial score (nSPS) is 12.1. The van der Waals surface area contributed by atoms with E-state index in [1.807, 2.05) is 41.3 Å². The van der Waals surface area contributed by atoms with Crippen LogP contribution in [0.25, 0.3) is 0 Å². The van der Waals surface area contributed by atoms with E-state index >= 15 is 0 Å². The minimum atomic E-state index is 0.408. The van der Waals surface area contributed by atoms with E-state index in [9.17, 15) is 0 Å². The van der Waals surface area contributed by atoms with E-state index in [2.05, 4.69) is 60.0 Å². The lowest BCUT2D eigenvalue weighted by Crippen LogP contribution is -2.26. The van der Waals surface area contributed by atoms with Crippen molar-refractivity contribution < 1.29 is 0 Å². The van der Waals surface area contributed by atoms with Crippen LogP contribution in [0.1, 0.15) is 68.0 Å². The second-order valence-electron chi connectivity index (χ2n) is 8.51. The summed E-state index contributed by atoms with van der Waals surface area (Å²) in [4.78, 5) is 2.39. The number of nitrogen functional groups attached to an aromatic ring is 1. The summed E-state index contributed by atoms with van der Waals surface area (Å²) in [7, 11) is 5.97. The van der Waals surface area contributed by atoms with E-state index < -0.39 is 0 Å². The van der Waals surface area contributed by atoms with Gasteiger partial charge in [-0.25, -0.2) is 0 Å². The molecule has 0 aromatic carbocycles. The average molecular weight is 399 g/mol. The fraction of sp³-hybridized carbons (Fsp3) is 0.571. The van der Waals surface area contributed by atoms with E-state index in [1.165, 1.54) is 11.4 Å². The molecule has 3 aromatic rings. The largest absolute Gasteiger partial charge is 0.382 e. The van der Waals surface area contributed by atoms with Crippen molar-refractivity contribution in [1.82, 2.24) is 34.2 Å². The van der Waals surface area contributed by atoms with Crippen molar-refractivity contribution in [3.05, 3.63) is 46.7 Å². The van der Waals surface area contributed by atoms with E-state index in [1.54, 1.807) is 0 Å². The number of aryl methyl sites for hydroxylation is 3. The van der Waals surface area contributed by atoms with Crippen LogP contribution in [0.2, 0.25) is 0 Å². The summed E-state index contributed by atoms with van der Waals surface area (Å²) in [5, 5.41) is 13.7. The lowest BCUT2D eigenvalue weighted by atomic mass is 10.1. The summed E-state index contributed by atoms with van der Waals surface area (Å²) in [6.45, 7) is 11.0. The SMILES string of the molecule is CC(C)c1cc(CN(Cc2cc(N)nn2C)Cc2cc(C(C)C)nn2C)n(C)n1. The summed E-state index contributed by atoms with van der Waals surface area (Å²) >= 11 is 0. The highest BCUT2D eigenvalue weighted by atomic mass is 15.3. The molecule has 0 aliphatic heterocycles. The zero-order chi connectivity index (χ0) is 21.3. The molecule has 8 heteroatoms. The molecular weight excluding hydrogens is 364 g/mol. The van der Waals surface area contributed by atoms with E-state index in [-0.39, 0.29) is 0 Å². The molecule has 0 saturated carbocycles. The highest BCUT2D eigenvalue weighted by molar-refractivity contribution is 5.29. The minimum Gasteiger partial charge on any atom is -0.382 e. The second-order valence-corrected chi connectivity index (χ2v) is 8.51. The highest BCUT2D eigenvalue weighted by Crippen LogP contribution is 2.20. The van der Waals surface area contributed by atoms with Gasteiger partial charge in [-0.1, -0.05) is 27.7 Å². The first-order valence-corrected chi connectivity index (χ1v) is 10.2. The molecule has 3 aromatic heterocycles. The molecule has 3 heterocycles. The van der Waals surface area contributed by atoms with Gasteiger partial charge < -0.3 is 5.73 Å². The molecule has 0 unspecified atom stereocenters. The summed E-state index contributed by atoms with van der Waals surface area (Å²) in [6, 6.07) is 6.36. The van der Waals surface area contributed by atoms with Crippen LogP contribution in [0.4, 0.5) is 5.82 Å². The Hall–Kier alpha value is -2.61. The zero-order valence-electron chi connectivity index (χ0n) is 18.7. The number of anilines is 1. The van der Waals surface area contributed by atoms with E-state index in [4.69, 9.17) is 5.73 Å². The van der Waals surface area contributed by atoms with Crippen molar-refractivity contribution in [2.24, 2.45) is 21.1 Å². The van der Waals surface area contributed by atoms with Crippen molar-refractivity contribution in [3.8, 4) is 0 Å². The van der Waals surface area contributed by atoms with Crippen molar-refractivity contribution in [2.45, 2.75) is 59.2 Å². The Morgan fingerprint density at radius 1 is 0.724 bits per heavy atom. The minimum absolute atomic E-state index is 0.408. The average Bonchev–Trinajstić information content (AvgIpc) is 3.27. The standard InChI is InChI=1S/C21H34N8/c1-14(2)19-8-16(26(5)23-19)11-29(13-18-10-21(22)25-28(18)7)12-17-9-20(15(3)4)24-27(17)6/h8-10,14-15H,11-13H2,1-7H3,(H2,22,25). The van der Waals surface area contributed by atoms with Gasteiger partial charge in [-0.15, -0.1) is 0 Å². The van der Waals surface area contributed by atoms with Crippen LogP contribution >= 0.6 is 0 Å². The molecule has 0 amide bonds. The Balaban J connectivity index is 1.88. The smallest absolute Gasteiger partial charge is 0.145 e. The molecule has 0 saturated heterocycles. The van der Waals surface area contributed by atoms with Crippen molar-refractivity contribution in [1.29, 1.82) is 0 Å². The van der Waals surface area contributed by atoms with Crippen LogP contribution in [0.5, 0.6) is 0 Å². The fourth-order valence-corrected chi connectivity index (χ4v) is 3.45. The summed E-state index contributed by atoms with van der Waals surface area (Å²) < 4.78 is 5.83. The lowest BCUT2D eigenvalue weighted by molar-refractivity contribution is 0.228. The lowest BCUT2D eigenvalue weighted by Gasteiger charge is -2.22. The quantitative estimate of drug-likeness (QED) is 0.631. The van der Waals surface area contributed by atoms with Gasteiger partial charge in [-0.3, -0.25) is 18.9 Å². The van der Waals surface area contributed by atoms with Crippen LogP contribution in [-0.2, 0) is 40.8 Å². The molecule has 0 aliphatic carbocycles. The number of aromatic nitrogens is 6. The molecule has 8 nitrogen and oxygen atoms in total. The van der Waals surface area contributed by atoms with Crippen LogP contribution < -0.4 is 5.73 Å². The number of nitrogens with two attached hydrogens (primary N) is 1. The van der Waals surface area contributed by atoms with Crippen molar-refractivity contribution >= 4 is 5.82 Å². The summed E-state index contributed by atoms with van der Waals surface area (Å²) in [5.41, 5.74) is 11.6. The number of hydrogen-bond acceptors (Lipinski definition) is 5. The Bertz CT molecular complexity index is 905. The fourth-order valence-electron chi connectivity index (χ4n) is 3.45. The first kappa shape index (κ1) is 21.1. The molecule has 0 aliphatic rings. The Kier molecular flexibility index (Phi) is 6.12. The van der Waals surface area contributed by atoms with Gasteiger partial charge in [0.25, 0.3) is 0 Å². The molecule has 0 spiro atoms. The summed E-state index contributed by atoms with van der Waals surface area (Å²) in [6.07, 6.45) is 0. The molecule has 158 valence electrons. The second kappa shape index (κ2) is 8.41. The molecule has 0 atom stereocenters. The molecule has 3 rings (SSSR count). The maximum atomic E-state index is 5.90. The van der Waals surface area contributed by atoms with Crippen LogP contribution in [0.15, 0.2) is 18.2 Å². The Labute approximate surface area is 173 Å². The molecule has 0 fully saturated rings. The predicted molar refractivity (Wildman–Crippen MR) is 115 cm³/mol. The first-order valence-electron chi connectivity index (χ1n) is 10.2. The van der Waals surface area contributed by atoms with Gasteiger partial charge in [0.15, 0.2) is 0 Å². The van der Waals surface area contributed by atoms with Crippen LogP contribution in [0, 0.1) is 0 Å². The molecular formula is C21H34N8. The molecule has 0 radical (unpaired) electrons. The van der Waals surface area contributed by atoms with Gasteiger partial charge in [-0.2, -0.15) is 15.3 Å². The van der Waals surface area contributed by atoms with Gasteiger partial charge in [0, 0.05) is 46.8 Å². The topological polar surface area (TPSA) is 82.7 Å². The third-order valence-corrected chi connectivity index (χ3v) is 5.33. The van der Waals surface area contributed by atoms with Gasteiger partial charge in [0.05, 0.1) is 28.5 Å². The van der Waals surface area contributed by atoms with Gasteiger partial charge >= 0.3 is 0 Å².